The van der Waals surface area contributed by atoms with Crippen molar-refractivity contribution in [3.63, 3.8) is 0 Å². The first kappa shape index (κ1) is 18.7. The van der Waals surface area contributed by atoms with Crippen molar-refractivity contribution in [1.29, 1.82) is 0 Å². The number of carbonyl (C=O) groups is 1. The fourth-order valence-electron chi connectivity index (χ4n) is 3.17. The number of anilines is 2. The van der Waals surface area contributed by atoms with Gasteiger partial charge in [-0.15, -0.1) is 0 Å². The van der Waals surface area contributed by atoms with Gasteiger partial charge in [0.05, 0.1) is 17.2 Å². The second-order valence-electron chi connectivity index (χ2n) is 6.58. The number of piperazine rings is 1. The molecule has 1 amide bonds. The van der Waals surface area contributed by atoms with Crippen molar-refractivity contribution in [2.24, 2.45) is 0 Å². The highest BCUT2D eigenvalue weighted by Gasteiger charge is 2.22. The van der Waals surface area contributed by atoms with Crippen molar-refractivity contribution in [3.8, 4) is 5.75 Å². The minimum Gasteiger partial charge on any atom is -0.506 e. The molecule has 1 aliphatic rings. The minimum atomic E-state index is -0.492. The molecule has 0 aliphatic carbocycles. The van der Waals surface area contributed by atoms with E-state index in [1.54, 1.807) is 31.2 Å². The molecule has 2 aromatic carbocycles. The zero-order chi connectivity index (χ0) is 19.4. The molecule has 2 N–H and O–H groups in total. The second kappa shape index (κ2) is 8.05. The fourth-order valence-corrected chi connectivity index (χ4v) is 3.17. The quantitative estimate of drug-likeness (QED) is 0.619. The number of hydrogen-bond acceptors (Lipinski definition) is 6. The molecule has 0 spiro atoms. The van der Waals surface area contributed by atoms with Crippen LogP contribution < -0.4 is 10.2 Å². The van der Waals surface area contributed by atoms with Crippen molar-refractivity contribution < 1.29 is 14.8 Å². The van der Waals surface area contributed by atoms with E-state index < -0.39 is 4.92 Å². The first-order valence-corrected chi connectivity index (χ1v) is 8.74. The molecule has 0 aromatic heterocycles. The summed E-state index contributed by atoms with van der Waals surface area (Å²) in [7, 11) is 0. The molecule has 0 saturated carbocycles. The lowest BCUT2D eigenvalue weighted by Crippen LogP contribution is -2.48. The zero-order valence-electron chi connectivity index (χ0n) is 15.1. The van der Waals surface area contributed by atoms with E-state index in [0.717, 1.165) is 11.3 Å². The van der Waals surface area contributed by atoms with Gasteiger partial charge in [0.1, 0.15) is 11.4 Å². The molecule has 1 aliphatic heterocycles. The van der Waals surface area contributed by atoms with Crippen LogP contribution >= 0.6 is 0 Å². The van der Waals surface area contributed by atoms with Gasteiger partial charge in [0, 0.05) is 32.2 Å². The van der Waals surface area contributed by atoms with E-state index in [-0.39, 0.29) is 29.6 Å². The minimum absolute atomic E-state index is 0.104. The van der Waals surface area contributed by atoms with E-state index in [0.29, 0.717) is 26.2 Å². The Morgan fingerprint density at radius 1 is 1.19 bits per heavy atom. The van der Waals surface area contributed by atoms with E-state index in [1.165, 1.54) is 6.07 Å². The van der Waals surface area contributed by atoms with Crippen LogP contribution in [0.2, 0.25) is 0 Å². The van der Waals surface area contributed by atoms with Crippen LogP contribution in [0.3, 0.4) is 0 Å². The number of benzene rings is 2. The predicted molar refractivity (Wildman–Crippen MR) is 103 cm³/mol. The number of phenols is 1. The van der Waals surface area contributed by atoms with Crippen molar-refractivity contribution >= 4 is 23.0 Å². The number of aromatic hydroxyl groups is 1. The summed E-state index contributed by atoms with van der Waals surface area (Å²) in [6, 6.07) is 11.9. The summed E-state index contributed by atoms with van der Waals surface area (Å²) in [5.74, 6) is -0.0339. The highest BCUT2D eigenvalue weighted by Crippen LogP contribution is 2.27. The maximum atomic E-state index is 12.3. The number of nitro groups is 1. The van der Waals surface area contributed by atoms with E-state index in [4.69, 9.17) is 0 Å². The maximum Gasteiger partial charge on any atom is 0.293 e. The Hall–Kier alpha value is -3.13. The largest absolute Gasteiger partial charge is 0.506 e. The maximum absolute atomic E-state index is 12.3. The number of nitrogens with one attached hydrogen (secondary N) is 1. The topological polar surface area (TPSA) is 99.0 Å². The number of nitro benzene ring substituents is 1. The summed E-state index contributed by atoms with van der Waals surface area (Å²) in [5.41, 5.74) is 1.66. The van der Waals surface area contributed by atoms with Gasteiger partial charge in [0.15, 0.2) is 0 Å². The van der Waals surface area contributed by atoms with Crippen LogP contribution in [0.25, 0.3) is 0 Å². The number of carbonyl (C=O) groups excluding carboxylic acids is 1. The zero-order valence-corrected chi connectivity index (χ0v) is 15.1. The molecule has 0 bridgehead atoms. The van der Waals surface area contributed by atoms with Crippen LogP contribution in [-0.2, 0) is 4.79 Å². The van der Waals surface area contributed by atoms with Gasteiger partial charge in [0.25, 0.3) is 5.69 Å². The molecule has 2 aromatic rings. The van der Waals surface area contributed by atoms with E-state index in [9.17, 15) is 20.0 Å². The lowest BCUT2D eigenvalue weighted by Gasteiger charge is -2.35. The number of para-hydroxylation sites is 2. The first-order chi connectivity index (χ1) is 12.9. The summed E-state index contributed by atoms with van der Waals surface area (Å²) >= 11 is 0. The molecule has 8 heteroatoms. The average Bonchev–Trinajstić information content (AvgIpc) is 2.64. The highest BCUT2D eigenvalue weighted by atomic mass is 16.6. The monoisotopic (exact) mass is 370 g/mol. The number of hydrogen-bond donors (Lipinski definition) is 2. The number of amides is 1. The molecule has 0 atom stereocenters. The van der Waals surface area contributed by atoms with Crippen LogP contribution in [0.1, 0.15) is 5.56 Å². The summed E-state index contributed by atoms with van der Waals surface area (Å²) in [6.07, 6.45) is 0. The SMILES string of the molecule is Cc1ccc(NC(=O)CN2CCN(c3ccccc3O)CC2)c([N+](=O)[O-])c1. The Labute approximate surface area is 157 Å². The van der Waals surface area contributed by atoms with E-state index in [2.05, 4.69) is 10.2 Å². The van der Waals surface area contributed by atoms with Crippen LogP contribution in [0.15, 0.2) is 42.5 Å². The van der Waals surface area contributed by atoms with Crippen molar-refractivity contribution in [1.82, 2.24) is 4.90 Å². The normalized spacial score (nSPS) is 14.8. The standard InChI is InChI=1S/C19H22N4O4/c1-14-6-7-15(17(12-14)23(26)27)20-19(25)13-21-8-10-22(11-9-21)16-4-2-3-5-18(16)24/h2-7,12,24H,8-11,13H2,1H3,(H,20,25). The van der Waals surface area contributed by atoms with Crippen molar-refractivity contribution in [2.45, 2.75) is 6.92 Å². The molecular formula is C19H22N4O4. The summed E-state index contributed by atoms with van der Waals surface area (Å²) in [6.45, 7) is 4.64. The molecule has 1 saturated heterocycles. The van der Waals surface area contributed by atoms with E-state index in [1.807, 2.05) is 17.0 Å². The van der Waals surface area contributed by atoms with Crippen LogP contribution in [0, 0.1) is 17.0 Å². The van der Waals surface area contributed by atoms with Gasteiger partial charge in [-0.05, 0) is 30.7 Å². The first-order valence-electron chi connectivity index (χ1n) is 8.74. The third-order valence-corrected chi connectivity index (χ3v) is 4.59. The fraction of sp³-hybridized carbons (Fsp3) is 0.316. The summed E-state index contributed by atoms with van der Waals surface area (Å²) in [4.78, 5) is 27.1. The Balaban J connectivity index is 1.56. The van der Waals surface area contributed by atoms with Gasteiger partial charge in [-0.2, -0.15) is 0 Å². The Morgan fingerprint density at radius 3 is 2.56 bits per heavy atom. The smallest absolute Gasteiger partial charge is 0.293 e. The van der Waals surface area contributed by atoms with Gasteiger partial charge >= 0.3 is 0 Å². The lowest BCUT2D eigenvalue weighted by atomic mass is 10.2. The molecular weight excluding hydrogens is 348 g/mol. The molecule has 0 radical (unpaired) electrons. The number of phenolic OH excluding ortho intramolecular Hbond substituents is 1. The van der Waals surface area contributed by atoms with Gasteiger partial charge in [-0.3, -0.25) is 19.8 Å². The summed E-state index contributed by atoms with van der Waals surface area (Å²) in [5, 5.41) is 23.8. The number of nitrogens with zero attached hydrogens (tertiary/aromatic N) is 3. The van der Waals surface area contributed by atoms with E-state index >= 15 is 0 Å². The van der Waals surface area contributed by atoms with Gasteiger partial charge in [-0.1, -0.05) is 18.2 Å². The third kappa shape index (κ3) is 4.53. The molecule has 142 valence electrons. The van der Waals surface area contributed by atoms with Gasteiger partial charge < -0.3 is 15.3 Å². The highest BCUT2D eigenvalue weighted by molar-refractivity contribution is 5.94. The number of rotatable bonds is 5. The van der Waals surface area contributed by atoms with Crippen molar-refractivity contribution in [3.05, 3.63) is 58.1 Å². The van der Waals surface area contributed by atoms with Crippen molar-refractivity contribution in [2.75, 3.05) is 42.9 Å². The Kier molecular flexibility index (Phi) is 5.56. The third-order valence-electron chi connectivity index (χ3n) is 4.59. The van der Waals surface area contributed by atoms with Crippen LogP contribution in [0.5, 0.6) is 5.75 Å². The Morgan fingerprint density at radius 2 is 1.89 bits per heavy atom. The molecule has 8 nitrogen and oxygen atoms in total. The van der Waals surface area contributed by atoms with Gasteiger partial charge in [-0.25, -0.2) is 0 Å². The van der Waals surface area contributed by atoms with Crippen LogP contribution in [-0.4, -0.2) is 53.6 Å². The molecule has 0 unspecified atom stereocenters. The van der Waals surface area contributed by atoms with Crippen LogP contribution in [0.4, 0.5) is 17.1 Å². The molecule has 1 fully saturated rings. The lowest BCUT2D eigenvalue weighted by molar-refractivity contribution is -0.384. The number of aryl methyl sites for hydroxylation is 1. The predicted octanol–water partition coefficient (Wildman–Crippen LogP) is 2.37. The van der Waals surface area contributed by atoms with Gasteiger partial charge in [0.2, 0.25) is 5.91 Å². The molecule has 3 rings (SSSR count). The molecule has 1 heterocycles. The summed E-state index contributed by atoms with van der Waals surface area (Å²) < 4.78 is 0. The average molecular weight is 370 g/mol. The molecule has 27 heavy (non-hydrogen) atoms. The Bertz CT molecular complexity index is 847. The second-order valence-corrected chi connectivity index (χ2v) is 6.58.